The fourth-order valence-electron chi connectivity index (χ4n) is 1.12. The van der Waals surface area contributed by atoms with E-state index in [1.165, 1.54) is 12.4 Å². The molecule has 2 heterocycles. The first kappa shape index (κ1) is 9.26. The molecule has 0 aliphatic heterocycles. The Kier molecular flexibility index (Phi) is 2.37. The lowest BCUT2D eigenvalue weighted by Crippen LogP contribution is -2.13. The molecule has 2 aromatic rings. The number of nitrogens with two attached hydrogens (primary N) is 1. The fraction of sp³-hybridized carbons (Fsp3) is 0. The van der Waals surface area contributed by atoms with E-state index in [1.54, 1.807) is 18.5 Å². The molecule has 0 aliphatic rings. The molecule has 2 N–H and O–H groups in total. The molecule has 5 nitrogen and oxygen atoms in total. The Morgan fingerprint density at radius 3 is 2.60 bits per heavy atom. The number of nitrogens with zero attached hydrogens (tertiary/aromatic N) is 3. The van der Waals surface area contributed by atoms with Crippen molar-refractivity contribution in [1.29, 1.82) is 0 Å². The minimum Gasteiger partial charge on any atom is -0.364 e. The molecular weight excluding hydrogens is 192 g/mol. The SMILES string of the molecule is NC(=O)c1cnc(-c2cccnc2)cn1. The Labute approximate surface area is 86.0 Å². The summed E-state index contributed by atoms with van der Waals surface area (Å²) >= 11 is 0. The van der Waals surface area contributed by atoms with Crippen LogP contribution in [0.2, 0.25) is 0 Å². The summed E-state index contributed by atoms with van der Waals surface area (Å²) in [6, 6.07) is 3.67. The average Bonchev–Trinajstić information content (AvgIpc) is 2.30. The maximum Gasteiger partial charge on any atom is 0.268 e. The van der Waals surface area contributed by atoms with E-state index in [4.69, 9.17) is 5.73 Å². The third-order valence-corrected chi connectivity index (χ3v) is 1.86. The van der Waals surface area contributed by atoms with E-state index in [-0.39, 0.29) is 5.69 Å². The molecule has 0 unspecified atom stereocenters. The van der Waals surface area contributed by atoms with Crippen LogP contribution in [0.4, 0.5) is 0 Å². The van der Waals surface area contributed by atoms with Gasteiger partial charge < -0.3 is 5.73 Å². The van der Waals surface area contributed by atoms with Gasteiger partial charge in [-0.3, -0.25) is 14.8 Å². The molecule has 0 saturated heterocycles. The van der Waals surface area contributed by atoms with Crippen LogP contribution in [0.15, 0.2) is 36.9 Å². The minimum atomic E-state index is -0.583. The smallest absolute Gasteiger partial charge is 0.268 e. The number of aromatic nitrogens is 3. The summed E-state index contributed by atoms with van der Waals surface area (Å²) in [6.45, 7) is 0. The van der Waals surface area contributed by atoms with Gasteiger partial charge in [0.25, 0.3) is 5.91 Å². The molecule has 1 amide bonds. The monoisotopic (exact) mass is 200 g/mol. The van der Waals surface area contributed by atoms with Crippen molar-refractivity contribution in [3.05, 3.63) is 42.6 Å². The summed E-state index contributed by atoms with van der Waals surface area (Å²) in [5, 5.41) is 0. The number of hydrogen-bond donors (Lipinski definition) is 1. The van der Waals surface area contributed by atoms with Gasteiger partial charge in [-0.15, -0.1) is 0 Å². The Morgan fingerprint density at radius 2 is 2.07 bits per heavy atom. The van der Waals surface area contributed by atoms with Gasteiger partial charge in [0.1, 0.15) is 5.69 Å². The Morgan fingerprint density at radius 1 is 1.20 bits per heavy atom. The van der Waals surface area contributed by atoms with Crippen LogP contribution in [0.3, 0.4) is 0 Å². The topological polar surface area (TPSA) is 81.8 Å². The normalized spacial score (nSPS) is 9.87. The first-order valence-corrected chi connectivity index (χ1v) is 4.29. The summed E-state index contributed by atoms with van der Waals surface area (Å²) < 4.78 is 0. The van der Waals surface area contributed by atoms with Crippen LogP contribution in [-0.4, -0.2) is 20.9 Å². The summed E-state index contributed by atoms with van der Waals surface area (Å²) in [4.78, 5) is 22.7. The number of hydrogen-bond acceptors (Lipinski definition) is 4. The van der Waals surface area contributed by atoms with Gasteiger partial charge in [0, 0.05) is 18.0 Å². The highest BCUT2D eigenvalue weighted by atomic mass is 16.1. The van der Waals surface area contributed by atoms with Crippen molar-refractivity contribution < 1.29 is 4.79 Å². The number of pyridine rings is 1. The van der Waals surface area contributed by atoms with Crippen molar-refractivity contribution in [3.8, 4) is 11.3 Å². The van der Waals surface area contributed by atoms with E-state index in [9.17, 15) is 4.79 Å². The summed E-state index contributed by atoms with van der Waals surface area (Å²) in [7, 11) is 0. The zero-order valence-corrected chi connectivity index (χ0v) is 7.79. The summed E-state index contributed by atoms with van der Waals surface area (Å²) in [6.07, 6.45) is 6.20. The fourth-order valence-corrected chi connectivity index (χ4v) is 1.12. The zero-order valence-electron chi connectivity index (χ0n) is 7.79. The Bertz CT molecular complexity index is 467. The third kappa shape index (κ3) is 1.96. The molecule has 2 rings (SSSR count). The molecule has 0 aromatic carbocycles. The first-order valence-electron chi connectivity index (χ1n) is 4.29. The van der Waals surface area contributed by atoms with Crippen LogP contribution in [0.25, 0.3) is 11.3 Å². The highest BCUT2D eigenvalue weighted by Crippen LogP contribution is 2.12. The number of primary amides is 1. The highest BCUT2D eigenvalue weighted by Gasteiger charge is 2.03. The summed E-state index contributed by atoms with van der Waals surface area (Å²) in [5.41, 5.74) is 6.71. The van der Waals surface area contributed by atoms with Gasteiger partial charge in [0.15, 0.2) is 0 Å². The zero-order chi connectivity index (χ0) is 10.7. The second-order valence-corrected chi connectivity index (χ2v) is 2.89. The maximum absolute atomic E-state index is 10.8. The van der Waals surface area contributed by atoms with Crippen LogP contribution in [0.5, 0.6) is 0 Å². The molecule has 15 heavy (non-hydrogen) atoms. The van der Waals surface area contributed by atoms with Crippen LogP contribution < -0.4 is 5.73 Å². The second kappa shape index (κ2) is 3.83. The van der Waals surface area contributed by atoms with Gasteiger partial charge in [-0.1, -0.05) is 0 Å². The van der Waals surface area contributed by atoms with Crippen molar-refractivity contribution in [1.82, 2.24) is 15.0 Å². The van der Waals surface area contributed by atoms with Gasteiger partial charge in [0.05, 0.1) is 18.1 Å². The van der Waals surface area contributed by atoms with Crippen LogP contribution in [-0.2, 0) is 0 Å². The first-order chi connectivity index (χ1) is 7.27. The molecule has 0 bridgehead atoms. The quantitative estimate of drug-likeness (QED) is 0.771. The summed E-state index contributed by atoms with van der Waals surface area (Å²) in [5.74, 6) is -0.583. The predicted molar refractivity (Wildman–Crippen MR) is 53.8 cm³/mol. The minimum absolute atomic E-state index is 0.155. The molecular formula is C10H8N4O. The third-order valence-electron chi connectivity index (χ3n) is 1.86. The highest BCUT2D eigenvalue weighted by molar-refractivity contribution is 5.90. The van der Waals surface area contributed by atoms with Crippen molar-refractivity contribution in [3.63, 3.8) is 0 Å². The molecule has 74 valence electrons. The van der Waals surface area contributed by atoms with E-state index >= 15 is 0 Å². The largest absolute Gasteiger partial charge is 0.364 e. The van der Waals surface area contributed by atoms with Crippen molar-refractivity contribution >= 4 is 5.91 Å². The lowest BCUT2D eigenvalue weighted by Gasteiger charge is -1.99. The molecule has 0 aliphatic carbocycles. The lowest BCUT2D eigenvalue weighted by molar-refractivity contribution is 0.0995. The molecule has 0 spiro atoms. The van der Waals surface area contributed by atoms with Gasteiger partial charge >= 0.3 is 0 Å². The number of rotatable bonds is 2. The van der Waals surface area contributed by atoms with Gasteiger partial charge in [-0.2, -0.15) is 0 Å². The van der Waals surface area contributed by atoms with Crippen LogP contribution >= 0.6 is 0 Å². The molecule has 0 fully saturated rings. The van der Waals surface area contributed by atoms with E-state index < -0.39 is 5.91 Å². The van der Waals surface area contributed by atoms with Crippen molar-refractivity contribution in [2.24, 2.45) is 5.73 Å². The Hall–Kier alpha value is -2.30. The van der Waals surface area contributed by atoms with Gasteiger partial charge in [-0.05, 0) is 12.1 Å². The van der Waals surface area contributed by atoms with Crippen molar-refractivity contribution in [2.75, 3.05) is 0 Å². The average molecular weight is 200 g/mol. The molecule has 2 aromatic heterocycles. The number of carbonyl (C=O) groups is 1. The van der Waals surface area contributed by atoms with Gasteiger partial charge in [-0.25, -0.2) is 4.98 Å². The Balaban J connectivity index is 2.36. The molecule has 0 saturated carbocycles. The van der Waals surface area contributed by atoms with E-state index in [0.717, 1.165) is 5.56 Å². The van der Waals surface area contributed by atoms with Crippen LogP contribution in [0.1, 0.15) is 10.5 Å². The predicted octanol–water partition coefficient (Wildman–Crippen LogP) is 0.637. The molecule has 0 atom stereocenters. The molecule has 0 radical (unpaired) electrons. The standard InChI is InChI=1S/C10H8N4O/c11-10(15)9-6-13-8(5-14-9)7-2-1-3-12-4-7/h1-6H,(H2,11,15). The van der Waals surface area contributed by atoms with Crippen molar-refractivity contribution in [2.45, 2.75) is 0 Å². The number of amides is 1. The van der Waals surface area contributed by atoms with Gasteiger partial charge in [0.2, 0.25) is 0 Å². The van der Waals surface area contributed by atoms with E-state index in [0.29, 0.717) is 5.69 Å². The van der Waals surface area contributed by atoms with E-state index in [2.05, 4.69) is 15.0 Å². The number of carbonyl (C=O) groups excluding carboxylic acids is 1. The van der Waals surface area contributed by atoms with Crippen LogP contribution in [0, 0.1) is 0 Å². The maximum atomic E-state index is 10.8. The molecule has 5 heteroatoms. The lowest BCUT2D eigenvalue weighted by atomic mass is 10.2. The van der Waals surface area contributed by atoms with E-state index in [1.807, 2.05) is 6.07 Å². The second-order valence-electron chi connectivity index (χ2n) is 2.89.